The van der Waals surface area contributed by atoms with Crippen LogP contribution in [0, 0.1) is 29.5 Å². The molecule has 0 amide bonds. The third-order valence-corrected chi connectivity index (χ3v) is 8.51. The lowest BCUT2D eigenvalue weighted by molar-refractivity contribution is -0.126. The smallest absolute Gasteiger partial charge is 0.222 e. The molecule has 2 fully saturated rings. The van der Waals surface area contributed by atoms with Crippen molar-refractivity contribution in [3.05, 3.63) is 71.0 Å². The summed E-state index contributed by atoms with van der Waals surface area (Å²) in [5.74, 6) is 1.89. The van der Waals surface area contributed by atoms with Crippen LogP contribution in [0.1, 0.15) is 47.6 Å². The Hall–Kier alpha value is -3.00. The Labute approximate surface area is 181 Å². The number of sulfonamides is 1. The number of benzene rings is 2. The van der Waals surface area contributed by atoms with Crippen LogP contribution in [0.4, 0.5) is 4.39 Å². The van der Waals surface area contributed by atoms with Crippen molar-refractivity contribution in [2.45, 2.75) is 48.9 Å². The highest BCUT2D eigenvalue weighted by atomic mass is 32.2. The van der Waals surface area contributed by atoms with Crippen molar-refractivity contribution in [1.82, 2.24) is 4.31 Å². The zero-order chi connectivity index (χ0) is 22.2. The highest BCUT2D eigenvalue weighted by molar-refractivity contribution is 7.89. The fourth-order valence-electron chi connectivity index (χ4n) is 4.43. The number of hydrogen-bond donors (Lipinski definition) is 0. The van der Waals surface area contributed by atoms with Crippen LogP contribution in [0.5, 0.6) is 0 Å². The Morgan fingerprint density at radius 1 is 1.16 bits per heavy atom. The number of rotatable bonds is 4. The molecule has 0 bridgehead atoms. The number of terminal acetylenes is 1. The lowest BCUT2D eigenvalue weighted by atomic mass is 9.64. The first-order chi connectivity index (χ1) is 14.8. The van der Waals surface area contributed by atoms with Crippen LogP contribution in [0.3, 0.4) is 0 Å². The van der Waals surface area contributed by atoms with Crippen LogP contribution in [0.2, 0.25) is 0 Å². The lowest BCUT2D eigenvalue weighted by Crippen LogP contribution is -2.45. The van der Waals surface area contributed by atoms with Gasteiger partial charge in [0.05, 0.1) is 17.5 Å². The van der Waals surface area contributed by atoms with Crippen LogP contribution in [-0.2, 0) is 26.8 Å². The van der Waals surface area contributed by atoms with E-state index in [1.165, 1.54) is 16.4 Å². The molecule has 0 aromatic heterocycles. The summed E-state index contributed by atoms with van der Waals surface area (Å²) in [5, 5.41) is 8.73. The summed E-state index contributed by atoms with van der Waals surface area (Å²) in [5.41, 5.74) is 0.311. The van der Waals surface area contributed by atoms with E-state index in [4.69, 9.17) is 6.42 Å². The molecule has 31 heavy (non-hydrogen) atoms. The van der Waals surface area contributed by atoms with Crippen LogP contribution in [0.25, 0.3) is 0 Å². The molecule has 1 saturated carbocycles. The second-order valence-electron chi connectivity index (χ2n) is 8.14. The lowest BCUT2D eigenvalue weighted by Gasteiger charge is -2.37. The maximum absolute atomic E-state index is 15.0. The number of halogens is 1. The first kappa shape index (κ1) is 21.2. The summed E-state index contributed by atoms with van der Waals surface area (Å²) in [6.07, 6.45) is 6.63. The second kappa shape index (κ2) is 7.92. The SMILES string of the molecule is C#C[C@H]1CC[C@H](c2ccccc2)S(=O)(=O)N1Cc1ccc(C2(C#N)CC(=O)C2)cc1F. The van der Waals surface area contributed by atoms with E-state index in [0.717, 1.165) is 0 Å². The zero-order valence-electron chi connectivity index (χ0n) is 16.8. The quantitative estimate of drug-likeness (QED) is 0.686. The fourth-order valence-corrected chi connectivity index (χ4v) is 6.53. The number of nitrogens with zero attached hydrogens (tertiary/aromatic N) is 2. The van der Waals surface area contributed by atoms with E-state index >= 15 is 0 Å². The third-order valence-electron chi connectivity index (χ3n) is 6.24. The summed E-state index contributed by atoms with van der Waals surface area (Å²) in [4.78, 5) is 11.4. The summed E-state index contributed by atoms with van der Waals surface area (Å²) in [6, 6.07) is 14.7. The van der Waals surface area contributed by atoms with Gasteiger partial charge in [0.25, 0.3) is 0 Å². The first-order valence-electron chi connectivity index (χ1n) is 10.0. The molecular weight excluding hydrogens is 415 g/mol. The van der Waals surface area contributed by atoms with Gasteiger partial charge in [-0.15, -0.1) is 6.42 Å². The summed E-state index contributed by atoms with van der Waals surface area (Å²) < 4.78 is 43.0. The highest BCUT2D eigenvalue weighted by Crippen LogP contribution is 2.42. The Kier molecular flexibility index (Phi) is 5.43. The molecule has 0 spiro atoms. The molecule has 1 saturated heterocycles. The molecule has 5 nitrogen and oxygen atoms in total. The van der Waals surface area contributed by atoms with Gasteiger partial charge in [0, 0.05) is 24.9 Å². The summed E-state index contributed by atoms with van der Waals surface area (Å²) in [6.45, 7) is -0.189. The van der Waals surface area contributed by atoms with Gasteiger partial charge in [-0.1, -0.05) is 48.4 Å². The Bertz CT molecular complexity index is 1200. The molecule has 0 unspecified atom stereocenters. The van der Waals surface area contributed by atoms with Gasteiger partial charge in [-0.05, 0) is 30.0 Å². The minimum Gasteiger partial charge on any atom is -0.300 e. The largest absolute Gasteiger partial charge is 0.300 e. The topological polar surface area (TPSA) is 78.2 Å². The van der Waals surface area contributed by atoms with Gasteiger partial charge in [-0.2, -0.15) is 9.57 Å². The maximum atomic E-state index is 15.0. The van der Waals surface area contributed by atoms with Gasteiger partial charge >= 0.3 is 0 Å². The maximum Gasteiger partial charge on any atom is 0.222 e. The van der Waals surface area contributed by atoms with Gasteiger partial charge in [0.15, 0.2) is 0 Å². The van der Waals surface area contributed by atoms with E-state index in [0.29, 0.717) is 24.0 Å². The van der Waals surface area contributed by atoms with Crippen molar-refractivity contribution in [3.8, 4) is 18.4 Å². The number of carbonyl (C=O) groups excluding carboxylic acids is 1. The number of Topliss-reactive ketones (excluding diaryl/α,β-unsaturated/α-hetero) is 1. The average Bonchev–Trinajstić information content (AvgIpc) is 2.74. The predicted octanol–water partition coefficient (Wildman–Crippen LogP) is 3.62. The number of nitriles is 1. The van der Waals surface area contributed by atoms with Crippen LogP contribution < -0.4 is 0 Å². The van der Waals surface area contributed by atoms with Gasteiger partial charge < -0.3 is 0 Å². The van der Waals surface area contributed by atoms with Gasteiger partial charge in [0.2, 0.25) is 10.0 Å². The molecule has 4 rings (SSSR count). The molecule has 0 N–H and O–H groups in total. The van der Waals surface area contributed by atoms with Gasteiger partial charge in [-0.3, -0.25) is 4.79 Å². The van der Waals surface area contributed by atoms with E-state index < -0.39 is 32.5 Å². The van der Waals surface area contributed by atoms with Crippen LogP contribution in [0.15, 0.2) is 48.5 Å². The summed E-state index contributed by atoms with van der Waals surface area (Å²) in [7, 11) is -3.81. The Morgan fingerprint density at radius 2 is 1.87 bits per heavy atom. The molecule has 7 heteroatoms. The van der Waals surface area contributed by atoms with E-state index in [9.17, 15) is 22.9 Å². The minimum atomic E-state index is -3.81. The van der Waals surface area contributed by atoms with Crippen LogP contribution in [-0.4, -0.2) is 24.5 Å². The summed E-state index contributed by atoms with van der Waals surface area (Å²) >= 11 is 0. The Balaban J connectivity index is 1.65. The monoisotopic (exact) mass is 436 g/mol. The van der Waals surface area contributed by atoms with Crippen molar-refractivity contribution >= 4 is 15.8 Å². The average molecular weight is 437 g/mol. The predicted molar refractivity (Wildman–Crippen MR) is 113 cm³/mol. The van der Waals surface area contributed by atoms with Crippen molar-refractivity contribution in [1.29, 1.82) is 5.26 Å². The van der Waals surface area contributed by atoms with Gasteiger partial charge in [0.1, 0.15) is 16.9 Å². The van der Waals surface area contributed by atoms with Crippen molar-refractivity contribution in [2.75, 3.05) is 0 Å². The molecule has 158 valence electrons. The second-order valence-corrected chi connectivity index (χ2v) is 10.2. The van der Waals surface area contributed by atoms with E-state index in [2.05, 4.69) is 12.0 Å². The number of carbonyl (C=O) groups is 1. The standard InChI is InChI=1S/C24H21FN2O3S/c1-2-20-10-11-23(17-6-4-3-5-7-17)31(29,30)27(20)15-18-8-9-19(12-22(18)25)24(16-26)13-21(28)14-24/h1,3-9,12,20,23H,10-11,13-15H2/t20-,23+/m0/s1. The molecule has 2 aromatic rings. The number of hydrogen-bond acceptors (Lipinski definition) is 4. The third kappa shape index (κ3) is 3.65. The molecule has 0 radical (unpaired) electrons. The fraction of sp³-hybridized carbons (Fsp3) is 0.333. The molecule has 1 aliphatic heterocycles. The highest BCUT2D eigenvalue weighted by Gasteiger charge is 2.46. The minimum absolute atomic E-state index is 0.0331. The molecule has 1 heterocycles. The van der Waals surface area contributed by atoms with Crippen LogP contribution >= 0.6 is 0 Å². The molecule has 2 aromatic carbocycles. The van der Waals surface area contributed by atoms with Crippen molar-refractivity contribution in [2.24, 2.45) is 0 Å². The molecule has 2 atom stereocenters. The first-order valence-corrected chi connectivity index (χ1v) is 11.5. The normalized spacial score (nSPS) is 24.5. The van der Waals surface area contributed by atoms with Crippen molar-refractivity contribution in [3.63, 3.8) is 0 Å². The molecular formula is C24H21FN2O3S. The number of ketones is 1. The van der Waals surface area contributed by atoms with E-state index in [-0.39, 0.29) is 30.7 Å². The van der Waals surface area contributed by atoms with Crippen molar-refractivity contribution < 1.29 is 17.6 Å². The van der Waals surface area contributed by atoms with E-state index in [1.54, 1.807) is 30.3 Å². The zero-order valence-corrected chi connectivity index (χ0v) is 17.6. The molecule has 1 aliphatic carbocycles. The Morgan fingerprint density at radius 3 is 2.45 bits per heavy atom. The van der Waals surface area contributed by atoms with E-state index in [1.807, 2.05) is 6.07 Å². The van der Waals surface area contributed by atoms with Gasteiger partial charge in [-0.25, -0.2) is 12.8 Å². The molecule has 2 aliphatic rings.